The summed E-state index contributed by atoms with van der Waals surface area (Å²) < 4.78 is 0. The molecule has 0 aliphatic rings. The van der Waals surface area contributed by atoms with E-state index in [-0.39, 0.29) is 5.91 Å². The summed E-state index contributed by atoms with van der Waals surface area (Å²) in [6.45, 7) is 6.14. The average molecular weight is 169 g/mol. The molecule has 70 valence electrons. The van der Waals surface area contributed by atoms with E-state index >= 15 is 0 Å². The molecule has 0 aromatic carbocycles. The number of hydrogen-bond donors (Lipinski definition) is 1. The number of amides is 1. The third-order valence-corrected chi connectivity index (χ3v) is 1.73. The van der Waals surface area contributed by atoms with Crippen LogP contribution >= 0.6 is 0 Å². The van der Waals surface area contributed by atoms with E-state index in [4.69, 9.17) is 0 Å². The van der Waals surface area contributed by atoms with Crippen molar-refractivity contribution < 1.29 is 4.79 Å². The SMILES string of the molecule is CC/C=C\CC(=O)NC(C)CC. The molecule has 1 unspecified atom stereocenters. The smallest absolute Gasteiger partial charge is 0.224 e. The van der Waals surface area contributed by atoms with Crippen molar-refractivity contribution in [1.82, 2.24) is 5.32 Å². The highest BCUT2D eigenvalue weighted by atomic mass is 16.1. The van der Waals surface area contributed by atoms with Crippen LogP contribution in [0, 0.1) is 0 Å². The second-order valence-electron chi connectivity index (χ2n) is 2.96. The summed E-state index contributed by atoms with van der Waals surface area (Å²) in [5.74, 6) is 0.119. The highest BCUT2D eigenvalue weighted by Crippen LogP contribution is 1.91. The predicted molar refractivity (Wildman–Crippen MR) is 51.9 cm³/mol. The Morgan fingerprint density at radius 2 is 2.08 bits per heavy atom. The van der Waals surface area contributed by atoms with Crippen LogP contribution < -0.4 is 5.32 Å². The van der Waals surface area contributed by atoms with Gasteiger partial charge in [0.2, 0.25) is 5.91 Å². The number of rotatable bonds is 5. The largest absolute Gasteiger partial charge is 0.353 e. The van der Waals surface area contributed by atoms with Gasteiger partial charge < -0.3 is 5.32 Å². The first-order chi connectivity index (χ1) is 5.70. The van der Waals surface area contributed by atoms with E-state index < -0.39 is 0 Å². The van der Waals surface area contributed by atoms with Gasteiger partial charge in [-0.1, -0.05) is 26.0 Å². The Kier molecular flexibility index (Phi) is 6.44. The molecule has 0 saturated heterocycles. The lowest BCUT2D eigenvalue weighted by molar-refractivity contribution is -0.120. The molecule has 0 aromatic rings. The predicted octanol–water partition coefficient (Wildman–Crippen LogP) is 2.26. The van der Waals surface area contributed by atoms with Crippen LogP contribution in [-0.4, -0.2) is 11.9 Å². The highest BCUT2D eigenvalue weighted by Gasteiger charge is 2.01. The van der Waals surface area contributed by atoms with Gasteiger partial charge in [-0.2, -0.15) is 0 Å². The molecule has 0 heterocycles. The maximum Gasteiger partial charge on any atom is 0.224 e. The molecule has 0 spiro atoms. The molecule has 1 atom stereocenters. The second kappa shape index (κ2) is 6.89. The van der Waals surface area contributed by atoms with Crippen molar-refractivity contribution in [2.24, 2.45) is 0 Å². The lowest BCUT2D eigenvalue weighted by Gasteiger charge is -2.09. The van der Waals surface area contributed by atoms with Crippen molar-refractivity contribution in [1.29, 1.82) is 0 Å². The topological polar surface area (TPSA) is 29.1 Å². The van der Waals surface area contributed by atoms with E-state index in [0.717, 1.165) is 12.8 Å². The van der Waals surface area contributed by atoms with Gasteiger partial charge >= 0.3 is 0 Å². The minimum absolute atomic E-state index is 0.119. The monoisotopic (exact) mass is 169 g/mol. The molecule has 0 rings (SSSR count). The van der Waals surface area contributed by atoms with Gasteiger partial charge in [-0.25, -0.2) is 0 Å². The van der Waals surface area contributed by atoms with Crippen molar-refractivity contribution >= 4 is 5.91 Å². The number of carbonyl (C=O) groups excluding carboxylic acids is 1. The summed E-state index contributed by atoms with van der Waals surface area (Å²) in [6, 6.07) is 0.299. The summed E-state index contributed by atoms with van der Waals surface area (Å²) in [6.07, 6.45) is 6.42. The summed E-state index contributed by atoms with van der Waals surface area (Å²) >= 11 is 0. The minimum atomic E-state index is 0.119. The Hall–Kier alpha value is -0.790. The molecule has 0 bridgehead atoms. The van der Waals surface area contributed by atoms with E-state index in [0.29, 0.717) is 12.5 Å². The molecule has 0 aliphatic heterocycles. The van der Waals surface area contributed by atoms with Gasteiger partial charge in [0.15, 0.2) is 0 Å². The van der Waals surface area contributed by atoms with Gasteiger partial charge in [0.1, 0.15) is 0 Å². The van der Waals surface area contributed by atoms with E-state index in [9.17, 15) is 4.79 Å². The van der Waals surface area contributed by atoms with Crippen LogP contribution in [0.5, 0.6) is 0 Å². The second-order valence-corrected chi connectivity index (χ2v) is 2.96. The average Bonchev–Trinajstić information content (AvgIpc) is 2.05. The van der Waals surface area contributed by atoms with Crippen molar-refractivity contribution in [3.05, 3.63) is 12.2 Å². The summed E-state index contributed by atoms with van der Waals surface area (Å²) in [5, 5.41) is 2.90. The fourth-order valence-corrected chi connectivity index (χ4v) is 0.793. The number of carbonyl (C=O) groups is 1. The Bertz CT molecular complexity index is 152. The Balaban J connectivity index is 3.52. The van der Waals surface area contributed by atoms with Gasteiger partial charge in [-0.15, -0.1) is 0 Å². The quantitative estimate of drug-likeness (QED) is 0.628. The lowest BCUT2D eigenvalue weighted by atomic mass is 10.2. The molecular weight excluding hydrogens is 150 g/mol. The van der Waals surface area contributed by atoms with Crippen molar-refractivity contribution in [2.75, 3.05) is 0 Å². The molecular formula is C10H19NO. The van der Waals surface area contributed by atoms with Crippen LogP contribution in [-0.2, 0) is 4.79 Å². The summed E-state index contributed by atoms with van der Waals surface area (Å²) in [4.78, 5) is 11.1. The Morgan fingerprint density at radius 1 is 1.42 bits per heavy atom. The first kappa shape index (κ1) is 11.2. The van der Waals surface area contributed by atoms with E-state index in [1.165, 1.54) is 0 Å². The van der Waals surface area contributed by atoms with Crippen LogP contribution in [0.3, 0.4) is 0 Å². The Labute approximate surface area is 75.0 Å². The summed E-state index contributed by atoms with van der Waals surface area (Å²) in [5.41, 5.74) is 0. The van der Waals surface area contributed by atoms with E-state index in [2.05, 4.69) is 19.2 Å². The molecule has 1 N–H and O–H groups in total. The van der Waals surface area contributed by atoms with Crippen LogP contribution in [0.15, 0.2) is 12.2 Å². The van der Waals surface area contributed by atoms with Crippen molar-refractivity contribution in [3.8, 4) is 0 Å². The lowest BCUT2D eigenvalue weighted by Crippen LogP contribution is -2.31. The molecule has 12 heavy (non-hydrogen) atoms. The number of allylic oxidation sites excluding steroid dienone is 1. The molecule has 0 saturated carbocycles. The molecule has 0 aromatic heterocycles. The Morgan fingerprint density at radius 3 is 2.58 bits per heavy atom. The van der Waals surface area contributed by atoms with Crippen LogP contribution in [0.4, 0.5) is 0 Å². The number of nitrogens with one attached hydrogen (secondary N) is 1. The zero-order valence-electron chi connectivity index (χ0n) is 8.26. The van der Waals surface area contributed by atoms with Gasteiger partial charge in [0.05, 0.1) is 0 Å². The van der Waals surface area contributed by atoms with Crippen molar-refractivity contribution in [2.45, 2.75) is 46.1 Å². The van der Waals surface area contributed by atoms with Gasteiger partial charge in [-0.3, -0.25) is 4.79 Å². The molecule has 2 nitrogen and oxygen atoms in total. The first-order valence-corrected chi connectivity index (χ1v) is 4.65. The maximum absolute atomic E-state index is 11.1. The van der Waals surface area contributed by atoms with Gasteiger partial charge in [-0.05, 0) is 19.8 Å². The molecule has 0 fully saturated rings. The van der Waals surface area contributed by atoms with Gasteiger partial charge in [0.25, 0.3) is 0 Å². The third-order valence-electron chi connectivity index (χ3n) is 1.73. The normalized spacial score (nSPS) is 13.2. The molecule has 0 aliphatic carbocycles. The third kappa shape index (κ3) is 5.96. The minimum Gasteiger partial charge on any atom is -0.353 e. The molecule has 1 amide bonds. The number of hydrogen-bond acceptors (Lipinski definition) is 1. The zero-order chi connectivity index (χ0) is 9.40. The van der Waals surface area contributed by atoms with E-state index in [1.807, 2.05) is 19.1 Å². The highest BCUT2D eigenvalue weighted by molar-refractivity contribution is 5.77. The van der Waals surface area contributed by atoms with E-state index in [1.54, 1.807) is 0 Å². The summed E-state index contributed by atoms with van der Waals surface area (Å²) in [7, 11) is 0. The van der Waals surface area contributed by atoms with Crippen LogP contribution in [0.25, 0.3) is 0 Å². The van der Waals surface area contributed by atoms with Crippen LogP contribution in [0.2, 0.25) is 0 Å². The molecule has 0 radical (unpaired) electrons. The first-order valence-electron chi connectivity index (χ1n) is 4.65. The zero-order valence-corrected chi connectivity index (χ0v) is 8.26. The standard InChI is InChI=1S/C10H19NO/c1-4-6-7-8-10(12)11-9(3)5-2/h6-7,9H,4-5,8H2,1-3H3,(H,11,12)/b7-6-. The maximum atomic E-state index is 11.1. The molecule has 2 heteroatoms. The fraction of sp³-hybridized carbons (Fsp3) is 0.700. The fourth-order valence-electron chi connectivity index (χ4n) is 0.793. The van der Waals surface area contributed by atoms with Gasteiger partial charge in [0, 0.05) is 12.5 Å². The van der Waals surface area contributed by atoms with Crippen molar-refractivity contribution in [3.63, 3.8) is 0 Å². The van der Waals surface area contributed by atoms with Crippen LogP contribution in [0.1, 0.15) is 40.0 Å².